The highest BCUT2D eigenvalue weighted by Crippen LogP contribution is 2.30. The maximum Gasteiger partial charge on any atom is 0.238 e. The maximum absolute atomic E-state index is 14.6. The van der Waals surface area contributed by atoms with Crippen molar-refractivity contribution in [1.82, 2.24) is 9.78 Å². The lowest BCUT2D eigenvalue weighted by atomic mass is 10.1. The lowest BCUT2D eigenvalue weighted by Gasteiger charge is -2.35. The topological polar surface area (TPSA) is 50.5 Å². The van der Waals surface area contributed by atoms with E-state index in [2.05, 4.69) is 5.10 Å². The van der Waals surface area contributed by atoms with Crippen molar-refractivity contribution < 1.29 is 14.2 Å². The molecule has 0 bridgehead atoms. The Morgan fingerprint density at radius 1 is 1.24 bits per heavy atom. The first-order chi connectivity index (χ1) is 12.1. The lowest BCUT2D eigenvalue weighted by Crippen LogP contribution is -2.40. The molecule has 0 aliphatic carbocycles. The minimum Gasteiger partial charge on any atom is -0.351 e. The van der Waals surface area contributed by atoms with Crippen molar-refractivity contribution in [2.75, 3.05) is 4.90 Å². The minimum absolute atomic E-state index is 0.220. The summed E-state index contributed by atoms with van der Waals surface area (Å²) in [7, 11) is 1.82. The molecule has 128 valence electrons. The van der Waals surface area contributed by atoms with Gasteiger partial charge in [0.2, 0.25) is 6.41 Å². The number of fused-ring (bicyclic) bond motifs is 1. The molecular weight excluding hydrogens is 321 g/mol. The number of para-hydroxylation sites is 1. The predicted octanol–water partition coefficient (Wildman–Crippen LogP) is 3.04. The summed E-state index contributed by atoms with van der Waals surface area (Å²) < 4.78 is 21.7. The van der Waals surface area contributed by atoms with Crippen molar-refractivity contribution in [2.24, 2.45) is 7.05 Å². The molecule has 1 aliphatic rings. The molecule has 1 atom stereocenters. The van der Waals surface area contributed by atoms with E-state index in [1.165, 1.54) is 6.07 Å². The van der Waals surface area contributed by atoms with Gasteiger partial charge in [0.1, 0.15) is 5.82 Å². The van der Waals surface area contributed by atoms with E-state index in [0.717, 1.165) is 22.4 Å². The number of aryl methyl sites for hydroxylation is 1. The average Bonchev–Trinajstić information content (AvgIpc) is 3.05. The summed E-state index contributed by atoms with van der Waals surface area (Å²) >= 11 is 0. The van der Waals surface area contributed by atoms with Crippen LogP contribution in [0.1, 0.15) is 11.1 Å². The Morgan fingerprint density at radius 3 is 2.84 bits per heavy atom. The van der Waals surface area contributed by atoms with Crippen LogP contribution in [0.5, 0.6) is 0 Å². The highest BCUT2D eigenvalue weighted by molar-refractivity contribution is 5.62. The summed E-state index contributed by atoms with van der Waals surface area (Å²) in [6, 6.07) is 12.8. The number of benzene rings is 2. The first kappa shape index (κ1) is 15.8. The first-order valence-corrected chi connectivity index (χ1v) is 8.03. The van der Waals surface area contributed by atoms with E-state index in [0.29, 0.717) is 12.2 Å². The van der Waals surface area contributed by atoms with Gasteiger partial charge in [0.15, 0.2) is 0 Å². The van der Waals surface area contributed by atoms with Crippen LogP contribution < -0.4 is 4.90 Å². The Balaban J connectivity index is 1.63. The summed E-state index contributed by atoms with van der Waals surface area (Å²) in [5, 5.41) is 14.3. The highest BCUT2D eigenvalue weighted by Gasteiger charge is 2.25. The Kier molecular flexibility index (Phi) is 3.99. The van der Waals surface area contributed by atoms with Crippen molar-refractivity contribution >= 4 is 5.69 Å². The summed E-state index contributed by atoms with van der Waals surface area (Å²) in [6.07, 6.45) is 2.45. The van der Waals surface area contributed by atoms with Gasteiger partial charge < -0.3 is 14.7 Å². The van der Waals surface area contributed by atoms with Crippen molar-refractivity contribution in [3.8, 4) is 11.1 Å². The van der Waals surface area contributed by atoms with E-state index in [9.17, 15) is 9.50 Å². The molecular formula is C19H18FN3O2. The third-order valence-electron chi connectivity index (χ3n) is 4.39. The van der Waals surface area contributed by atoms with E-state index in [1.54, 1.807) is 21.8 Å². The van der Waals surface area contributed by atoms with E-state index >= 15 is 0 Å². The molecule has 5 nitrogen and oxygen atoms in total. The number of ether oxygens (including phenoxy) is 1. The van der Waals surface area contributed by atoms with Crippen LogP contribution in [0.2, 0.25) is 0 Å². The molecule has 0 amide bonds. The molecule has 0 spiro atoms. The third kappa shape index (κ3) is 3.01. The zero-order valence-electron chi connectivity index (χ0n) is 13.8. The monoisotopic (exact) mass is 339 g/mol. The standard InChI is InChI=1S/C19H18FN3O2/c1-22-10-16(9-21-22)13-6-7-14(17(20)8-13)11-23-18-5-3-2-4-15(18)12-25-19(23)24/h2-10,19,24H,11-12H2,1H3. The van der Waals surface area contributed by atoms with Gasteiger partial charge in [-0.1, -0.05) is 30.3 Å². The number of halogens is 1. The number of hydrogen-bond donors (Lipinski definition) is 1. The molecule has 3 aromatic rings. The van der Waals surface area contributed by atoms with Crippen LogP contribution >= 0.6 is 0 Å². The number of aliphatic hydroxyl groups excluding tert-OH is 1. The number of nitrogens with zero attached hydrogens (tertiary/aromatic N) is 3. The fourth-order valence-corrected chi connectivity index (χ4v) is 3.06. The molecule has 0 saturated carbocycles. The van der Waals surface area contributed by atoms with E-state index in [4.69, 9.17) is 4.74 Å². The average molecular weight is 339 g/mol. The zero-order chi connectivity index (χ0) is 17.4. The minimum atomic E-state index is -1.09. The van der Waals surface area contributed by atoms with Crippen molar-refractivity contribution in [1.29, 1.82) is 0 Å². The second kappa shape index (κ2) is 6.31. The SMILES string of the molecule is Cn1cc(-c2ccc(CN3c4ccccc4COC3O)c(F)c2)cn1. The fourth-order valence-electron chi connectivity index (χ4n) is 3.06. The molecule has 1 unspecified atom stereocenters. The van der Waals surface area contributed by atoms with Gasteiger partial charge in [0, 0.05) is 35.6 Å². The van der Waals surface area contributed by atoms with Crippen molar-refractivity contribution in [3.63, 3.8) is 0 Å². The molecule has 2 heterocycles. The van der Waals surface area contributed by atoms with Gasteiger partial charge in [-0.05, 0) is 17.7 Å². The van der Waals surface area contributed by atoms with Gasteiger partial charge in [0.25, 0.3) is 0 Å². The van der Waals surface area contributed by atoms with Gasteiger partial charge in [0.05, 0.1) is 19.3 Å². The normalized spacial score (nSPS) is 16.8. The van der Waals surface area contributed by atoms with Crippen molar-refractivity contribution in [2.45, 2.75) is 19.6 Å². The van der Waals surface area contributed by atoms with Crippen LogP contribution in [0.4, 0.5) is 10.1 Å². The number of hydrogen-bond acceptors (Lipinski definition) is 4. The lowest BCUT2D eigenvalue weighted by molar-refractivity contribution is -0.116. The van der Waals surface area contributed by atoms with Crippen LogP contribution in [0.3, 0.4) is 0 Å². The zero-order valence-corrected chi connectivity index (χ0v) is 13.8. The van der Waals surface area contributed by atoms with Gasteiger partial charge >= 0.3 is 0 Å². The molecule has 1 aliphatic heterocycles. The van der Waals surface area contributed by atoms with Crippen LogP contribution in [-0.4, -0.2) is 21.3 Å². The molecule has 0 fully saturated rings. The molecule has 2 aromatic carbocycles. The van der Waals surface area contributed by atoms with Gasteiger partial charge in [-0.2, -0.15) is 5.10 Å². The Labute approximate surface area is 144 Å². The Morgan fingerprint density at radius 2 is 2.08 bits per heavy atom. The predicted molar refractivity (Wildman–Crippen MR) is 92.0 cm³/mol. The number of aromatic nitrogens is 2. The molecule has 0 radical (unpaired) electrons. The summed E-state index contributed by atoms with van der Waals surface area (Å²) in [5.74, 6) is -0.323. The van der Waals surface area contributed by atoms with Crippen molar-refractivity contribution in [3.05, 3.63) is 71.8 Å². The maximum atomic E-state index is 14.6. The third-order valence-corrected chi connectivity index (χ3v) is 4.39. The van der Waals surface area contributed by atoms with Gasteiger partial charge in [-0.25, -0.2) is 4.39 Å². The first-order valence-electron chi connectivity index (χ1n) is 8.03. The molecule has 1 aromatic heterocycles. The number of anilines is 1. The molecule has 6 heteroatoms. The number of aliphatic hydroxyl groups is 1. The van der Waals surface area contributed by atoms with E-state index < -0.39 is 6.41 Å². The smallest absolute Gasteiger partial charge is 0.238 e. The van der Waals surface area contributed by atoms with Gasteiger partial charge in [-0.15, -0.1) is 0 Å². The van der Waals surface area contributed by atoms with Crippen LogP contribution in [0.25, 0.3) is 11.1 Å². The second-order valence-electron chi connectivity index (χ2n) is 6.10. The van der Waals surface area contributed by atoms with Crippen LogP contribution in [-0.2, 0) is 24.9 Å². The summed E-state index contributed by atoms with van der Waals surface area (Å²) in [6.45, 7) is 0.563. The molecule has 1 N–H and O–H groups in total. The largest absolute Gasteiger partial charge is 0.351 e. The highest BCUT2D eigenvalue weighted by atomic mass is 19.1. The second-order valence-corrected chi connectivity index (χ2v) is 6.10. The fraction of sp³-hybridized carbons (Fsp3) is 0.211. The van der Waals surface area contributed by atoms with E-state index in [-0.39, 0.29) is 12.4 Å². The molecule has 4 rings (SSSR count). The quantitative estimate of drug-likeness (QED) is 0.797. The van der Waals surface area contributed by atoms with Gasteiger partial charge in [-0.3, -0.25) is 4.68 Å². The Hall–Kier alpha value is -2.70. The van der Waals surface area contributed by atoms with Crippen LogP contribution in [0.15, 0.2) is 54.9 Å². The Bertz CT molecular complexity index is 909. The summed E-state index contributed by atoms with van der Waals surface area (Å²) in [5.41, 5.74) is 3.95. The molecule has 25 heavy (non-hydrogen) atoms. The molecule has 0 saturated heterocycles. The van der Waals surface area contributed by atoms with E-state index in [1.807, 2.05) is 43.6 Å². The summed E-state index contributed by atoms with van der Waals surface area (Å²) in [4.78, 5) is 1.65. The number of rotatable bonds is 3. The van der Waals surface area contributed by atoms with Crippen LogP contribution in [0, 0.1) is 5.82 Å².